The number of benzene rings is 1. The lowest BCUT2D eigenvalue weighted by atomic mass is 10.1. The summed E-state index contributed by atoms with van der Waals surface area (Å²) in [5, 5.41) is 9.37. The van der Waals surface area contributed by atoms with E-state index in [1.165, 1.54) is 30.0 Å². The Morgan fingerprint density at radius 3 is 2.91 bits per heavy atom. The molecular formula is C15H14FNO3S3. The Labute approximate surface area is 147 Å². The highest BCUT2D eigenvalue weighted by Gasteiger charge is 2.40. The van der Waals surface area contributed by atoms with Gasteiger partial charge in [-0.05, 0) is 42.2 Å². The van der Waals surface area contributed by atoms with Gasteiger partial charge in [-0.2, -0.15) is 11.8 Å². The molecule has 8 heteroatoms. The van der Waals surface area contributed by atoms with Gasteiger partial charge in [-0.1, -0.05) is 36.1 Å². The molecule has 0 unspecified atom stereocenters. The Bertz CT molecular complexity index is 678. The fourth-order valence-electron chi connectivity index (χ4n) is 2.09. The summed E-state index contributed by atoms with van der Waals surface area (Å²) in [6, 6.07) is 4.84. The van der Waals surface area contributed by atoms with E-state index >= 15 is 0 Å². The average Bonchev–Trinajstić information content (AvgIpc) is 2.75. The molecule has 0 aliphatic carbocycles. The minimum Gasteiger partial charge on any atom is -0.480 e. The SMILES string of the molecule is CSCC[C@@H](C(=O)O)N1C(=O)/C(=C\c2cccc(F)c2)SC1=S. The minimum absolute atomic E-state index is 0.214. The van der Waals surface area contributed by atoms with Gasteiger partial charge in [0.15, 0.2) is 0 Å². The summed E-state index contributed by atoms with van der Waals surface area (Å²) in [6.45, 7) is 0. The number of halogens is 1. The highest BCUT2D eigenvalue weighted by atomic mass is 32.2. The smallest absolute Gasteiger partial charge is 0.326 e. The molecule has 1 heterocycles. The number of thiocarbonyl (C=S) groups is 1. The number of hydrogen-bond donors (Lipinski definition) is 1. The molecule has 1 fully saturated rings. The van der Waals surface area contributed by atoms with E-state index in [1.54, 1.807) is 12.1 Å². The predicted molar refractivity (Wildman–Crippen MR) is 95.8 cm³/mol. The summed E-state index contributed by atoms with van der Waals surface area (Å²) < 4.78 is 13.4. The van der Waals surface area contributed by atoms with Crippen molar-refractivity contribution in [1.82, 2.24) is 4.90 Å². The maximum absolute atomic E-state index is 13.2. The normalized spacial score (nSPS) is 17.8. The van der Waals surface area contributed by atoms with Gasteiger partial charge in [0, 0.05) is 0 Å². The van der Waals surface area contributed by atoms with Gasteiger partial charge in [0.1, 0.15) is 16.2 Å². The van der Waals surface area contributed by atoms with Crippen molar-refractivity contribution < 1.29 is 19.1 Å². The number of nitrogens with zero attached hydrogens (tertiary/aromatic N) is 1. The van der Waals surface area contributed by atoms with Crippen molar-refractivity contribution in [2.75, 3.05) is 12.0 Å². The zero-order valence-electron chi connectivity index (χ0n) is 12.2. The van der Waals surface area contributed by atoms with Crippen LogP contribution in [0.3, 0.4) is 0 Å². The molecule has 0 saturated carbocycles. The number of rotatable bonds is 6. The quantitative estimate of drug-likeness (QED) is 0.612. The van der Waals surface area contributed by atoms with E-state index in [1.807, 2.05) is 6.26 Å². The van der Waals surface area contributed by atoms with Gasteiger partial charge >= 0.3 is 5.97 Å². The molecule has 1 aromatic rings. The first-order chi connectivity index (χ1) is 10.9. The summed E-state index contributed by atoms with van der Waals surface area (Å²) in [5.74, 6) is -1.32. The monoisotopic (exact) mass is 371 g/mol. The topological polar surface area (TPSA) is 57.6 Å². The molecule has 1 N–H and O–H groups in total. The van der Waals surface area contributed by atoms with Crippen molar-refractivity contribution in [2.45, 2.75) is 12.5 Å². The summed E-state index contributed by atoms with van der Waals surface area (Å²) >= 11 is 7.71. The Balaban J connectivity index is 2.26. The van der Waals surface area contributed by atoms with Crippen LogP contribution in [0.2, 0.25) is 0 Å². The first-order valence-corrected chi connectivity index (χ1v) is 9.30. The van der Waals surface area contributed by atoms with Gasteiger partial charge in [0.05, 0.1) is 4.91 Å². The van der Waals surface area contributed by atoms with Crippen LogP contribution in [0.4, 0.5) is 4.39 Å². The van der Waals surface area contributed by atoms with E-state index in [0.717, 1.165) is 16.7 Å². The summed E-state index contributed by atoms with van der Waals surface area (Å²) in [7, 11) is 0. The summed E-state index contributed by atoms with van der Waals surface area (Å²) in [4.78, 5) is 25.4. The molecule has 23 heavy (non-hydrogen) atoms. The molecule has 4 nitrogen and oxygen atoms in total. The lowest BCUT2D eigenvalue weighted by molar-refractivity contribution is -0.145. The van der Waals surface area contributed by atoms with E-state index < -0.39 is 23.7 Å². The van der Waals surface area contributed by atoms with Crippen LogP contribution in [0.5, 0.6) is 0 Å². The highest BCUT2D eigenvalue weighted by molar-refractivity contribution is 8.26. The van der Waals surface area contributed by atoms with Gasteiger partial charge in [0.2, 0.25) is 0 Å². The third kappa shape index (κ3) is 4.33. The number of carbonyl (C=O) groups excluding carboxylic acids is 1. The first kappa shape index (κ1) is 18.0. The molecule has 0 bridgehead atoms. The first-order valence-electron chi connectivity index (χ1n) is 6.68. The minimum atomic E-state index is -1.08. The second-order valence-corrected chi connectivity index (χ2v) is 7.40. The Hall–Kier alpha value is -1.38. The van der Waals surface area contributed by atoms with Crippen LogP contribution in [0.1, 0.15) is 12.0 Å². The number of thioether (sulfide) groups is 2. The Morgan fingerprint density at radius 2 is 2.30 bits per heavy atom. The molecule has 0 aromatic heterocycles. The summed E-state index contributed by atoms with van der Waals surface area (Å²) in [5.41, 5.74) is 0.529. The predicted octanol–water partition coefficient (Wildman–Crippen LogP) is 3.23. The standard InChI is InChI=1S/C15H14FNO3S3/c1-22-6-5-11(14(19)20)17-13(18)12(23-15(17)21)8-9-3-2-4-10(16)7-9/h2-4,7-8,11H,5-6H2,1H3,(H,19,20)/b12-8+/t11-/m0/s1. The van der Waals surface area contributed by atoms with Crippen LogP contribution in [-0.2, 0) is 9.59 Å². The van der Waals surface area contributed by atoms with Crippen molar-refractivity contribution in [3.05, 3.63) is 40.6 Å². The lowest BCUT2D eigenvalue weighted by Crippen LogP contribution is -2.44. The zero-order chi connectivity index (χ0) is 17.0. The van der Waals surface area contributed by atoms with E-state index in [4.69, 9.17) is 12.2 Å². The van der Waals surface area contributed by atoms with Gasteiger partial charge in [-0.25, -0.2) is 9.18 Å². The largest absolute Gasteiger partial charge is 0.480 e. The molecular weight excluding hydrogens is 357 g/mol. The maximum atomic E-state index is 13.2. The Morgan fingerprint density at radius 1 is 1.57 bits per heavy atom. The van der Waals surface area contributed by atoms with Gasteiger partial charge < -0.3 is 5.11 Å². The van der Waals surface area contributed by atoms with E-state index in [-0.39, 0.29) is 4.32 Å². The molecule has 1 saturated heterocycles. The summed E-state index contributed by atoms with van der Waals surface area (Å²) in [6.07, 6.45) is 3.71. The Kier molecular flexibility index (Phi) is 6.20. The fourth-order valence-corrected chi connectivity index (χ4v) is 3.90. The third-order valence-corrected chi connectivity index (χ3v) is 5.14. The number of aliphatic carboxylic acids is 1. The van der Waals surface area contributed by atoms with Gasteiger partial charge in [-0.15, -0.1) is 0 Å². The molecule has 1 atom stereocenters. The van der Waals surface area contributed by atoms with E-state index in [2.05, 4.69) is 0 Å². The zero-order valence-corrected chi connectivity index (χ0v) is 14.6. The molecule has 2 rings (SSSR count). The van der Waals surface area contributed by atoms with Crippen LogP contribution >= 0.6 is 35.7 Å². The molecule has 0 spiro atoms. The van der Waals surface area contributed by atoms with Crippen LogP contribution in [0, 0.1) is 5.82 Å². The third-order valence-electron chi connectivity index (χ3n) is 3.16. The fraction of sp³-hybridized carbons (Fsp3) is 0.267. The van der Waals surface area contributed by atoms with Crippen molar-refractivity contribution in [3.8, 4) is 0 Å². The number of carboxylic acids is 1. The van der Waals surface area contributed by atoms with Crippen molar-refractivity contribution in [1.29, 1.82) is 0 Å². The maximum Gasteiger partial charge on any atom is 0.326 e. The highest BCUT2D eigenvalue weighted by Crippen LogP contribution is 2.34. The van der Waals surface area contributed by atoms with Crippen molar-refractivity contribution >= 4 is 58.0 Å². The van der Waals surface area contributed by atoms with Gasteiger partial charge in [-0.3, -0.25) is 9.69 Å². The second kappa shape index (κ2) is 7.94. The molecule has 122 valence electrons. The number of carbonyl (C=O) groups is 2. The number of carboxylic acid groups (broad SMARTS) is 1. The van der Waals surface area contributed by atoms with E-state index in [0.29, 0.717) is 22.6 Å². The lowest BCUT2D eigenvalue weighted by Gasteiger charge is -2.22. The molecule has 1 aliphatic rings. The molecule has 1 aromatic carbocycles. The molecule has 0 radical (unpaired) electrons. The van der Waals surface area contributed by atoms with Crippen molar-refractivity contribution in [3.63, 3.8) is 0 Å². The van der Waals surface area contributed by atoms with E-state index in [9.17, 15) is 19.1 Å². The van der Waals surface area contributed by atoms with Crippen LogP contribution in [0.15, 0.2) is 29.2 Å². The second-order valence-electron chi connectivity index (χ2n) is 4.74. The van der Waals surface area contributed by atoms with Crippen molar-refractivity contribution in [2.24, 2.45) is 0 Å². The average molecular weight is 371 g/mol. The van der Waals surface area contributed by atoms with Crippen LogP contribution < -0.4 is 0 Å². The van der Waals surface area contributed by atoms with Crippen LogP contribution in [0.25, 0.3) is 6.08 Å². The van der Waals surface area contributed by atoms with Gasteiger partial charge in [0.25, 0.3) is 5.91 Å². The van der Waals surface area contributed by atoms with Crippen LogP contribution in [-0.4, -0.2) is 44.3 Å². The molecule has 1 aliphatic heterocycles. The molecule has 1 amide bonds. The number of amides is 1. The number of hydrogen-bond acceptors (Lipinski definition) is 5.